The molecular formula is C25H42N4O2. The smallest absolute Gasteiger partial charge is 0.255 e. The van der Waals surface area contributed by atoms with Crippen molar-refractivity contribution in [2.75, 3.05) is 6.54 Å². The number of unbranched alkanes of at least 4 members (excludes halogenated alkanes) is 10. The average Bonchev–Trinajstić information content (AvgIpc) is 2.81. The topological polar surface area (TPSA) is 98.1 Å². The van der Waals surface area contributed by atoms with Crippen molar-refractivity contribution in [3.05, 3.63) is 34.2 Å². The fraction of sp³-hybridized carbons (Fsp3) is 0.720. The molecule has 1 aromatic carbocycles. The molecule has 0 radical (unpaired) electrons. The van der Waals surface area contributed by atoms with E-state index in [4.69, 9.17) is 8.27 Å². The normalized spacial score (nSPS) is 13.6. The fourth-order valence-corrected chi connectivity index (χ4v) is 3.51. The molecule has 0 aliphatic carbocycles. The Morgan fingerprint density at radius 2 is 1.52 bits per heavy atom. The van der Waals surface area contributed by atoms with Gasteiger partial charge in [-0.05, 0) is 24.1 Å². The van der Waals surface area contributed by atoms with Crippen LogP contribution >= 0.6 is 0 Å². The van der Waals surface area contributed by atoms with Gasteiger partial charge in [0.1, 0.15) is 5.75 Å². The number of phenolic OH excluding ortho intramolecular Hbond substituents is 1. The molecule has 0 spiro atoms. The number of hydrogen-bond acceptors (Lipinski definition) is 3. The number of phenols is 1. The van der Waals surface area contributed by atoms with E-state index in [1.54, 1.807) is 6.07 Å². The third kappa shape index (κ3) is 13.0. The average molecular weight is 435 g/mol. The second-order valence-electron chi connectivity index (χ2n) is 8.06. The first-order chi connectivity index (χ1) is 16.0. The first kappa shape index (κ1) is 23.5. The van der Waals surface area contributed by atoms with Crippen molar-refractivity contribution >= 4 is 11.6 Å². The summed E-state index contributed by atoms with van der Waals surface area (Å²) in [5.74, 6) is -0.683. The number of carbonyl (C=O) groups is 1. The summed E-state index contributed by atoms with van der Waals surface area (Å²) in [6.07, 6.45) is 14.7. The van der Waals surface area contributed by atoms with Gasteiger partial charge >= 0.3 is 0 Å². The SMILES string of the molecule is [3H]C(CCCCCCCC)C([3H])CCCCCCCCNC(=O)c1cccc(N=[N+]=[N-])c1O. The van der Waals surface area contributed by atoms with E-state index in [2.05, 4.69) is 22.3 Å². The molecule has 1 amide bonds. The van der Waals surface area contributed by atoms with Crippen LogP contribution in [0.3, 0.4) is 0 Å². The molecule has 174 valence electrons. The lowest BCUT2D eigenvalue weighted by Crippen LogP contribution is -2.24. The molecule has 0 aliphatic rings. The number of carbonyl (C=O) groups excluding carboxylic acids is 1. The molecule has 1 aromatic rings. The third-order valence-electron chi connectivity index (χ3n) is 5.39. The maximum atomic E-state index is 12.2. The lowest BCUT2D eigenvalue weighted by molar-refractivity contribution is 0.0950. The van der Waals surface area contributed by atoms with Crippen LogP contribution in [0.5, 0.6) is 5.75 Å². The minimum Gasteiger partial charge on any atom is -0.507 e. The lowest BCUT2D eigenvalue weighted by atomic mass is 10.0. The first-order valence-corrected chi connectivity index (χ1v) is 12.0. The second-order valence-corrected chi connectivity index (χ2v) is 8.06. The molecule has 2 atom stereocenters. The van der Waals surface area contributed by atoms with Gasteiger partial charge in [0, 0.05) is 14.2 Å². The van der Waals surface area contributed by atoms with Gasteiger partial charge in [0.15, 0.2) is 0 Å². The molecule has 0 saturated heterocycles. The van der Waals surface area contributed by atoms with Crippen LogP contribution in [0.1, 0.15) is 123 Å². The molecule has 0 saturated carbocycles. The molecule has 6 nitrogen and oxygen atoms in total. The van der Waals surface area contributed by atoms with Gasteiger partial charge in [0.25, 0.3) is 5.91 Å². The van der Waals surface area contributed by atoms with Gasteiger partial charge in [-0.1, -0.05) is 114 Å². The standard InChI is InChI=1S/C25H42N4O2/c1-2-3-4-5-6-7-8-9-10-11-12-13-14-15-16-17-21-27-25(31)22-19-18-20-23(24(22)30)28-29-26/h18-20,30H,2-17,21H2,1H3,(H,27,31)/i9T,10T. The highest BCUT2D eigenvalue weighted by Gasteiger charge is 2.12. The Kier molecular flexibility index (Phi) is 14.0. The Balaban J connectivity index is 2.05. The van der Waals surface area contributed by atoms with E-state index in [0.29, 0.717) is 6.54 Å². The van der Waals surface area contributed by atoms with Crippen LogP contribution in [-0.4, -0.2) is 17.6 Å². The maximum absolute atomic E-state index is 12.2. The Bertz CT molecular complexity index is 726. The van der Waals surface area contributed by atoms with Gasteiger partial charge in [-0.3, -0.25) is 4.79 Å². The number of rotatable bonds is 19. The summed E-state index contributed by atoms with van der Waals surface area (Å²) < 4.78 is 16.4. The highest BCUT2D eigenvalue weighted by molar-refractivity contribution is 5.98. The van der Waals surface area contributed by atoms with Crippen molar-refractivity contribution in [3.8, 4) is 5.75 Å². The predicted octanol–water partition coefficient (Wildman–Crippen LogP) is 8.33. The van der Waals surface area contributed by atoms with Gasteiger partial charge in [-0.2, -0.15) is 0 Å². The second kappa shape index (κ2) is 18.6. The number of hydrogen-bond donors (Lipinski definition) is 2. The van der Waals surface area contributed by atoms with Crippen LogP contribution in [0.2, 0.25) is 0 Å². The van der Waals surface area contributed by atoms with Gasteiger partial charge < -0.3 is 10.4 Å². The van der Waals surface area contributed by atoms with Crippen molar-refractivity contribution in [2.45, 2.75) is 110 Å². The van der Waals surface area contributed by atoms with Gasteiger partial charge in [-0.15, -0.1) is 0 Å². The van der Waals surface area contributed by atoms with E-state index in [-0.39, 0.29) is 35.7 Å². The number of nitrogens with one attached hydrogen (secondary N) is 1. The van der Waals surface area contributed by atoms with Crippen molar-refractivity contribution in [3.63, 3.8) is 0 Å². The molecule has 0 fully saturated rings. The summed E-state index contributed by atoms with van der Waals surface area (Å²) in [4.78, 5) is 14.8. The number of benzene rings is 1. The zero-order valence-electron chi connectivity index (χ0n) is 21.2. The first-order valence-electron chi connectivity index (χ1n) is 13.2. The summed E-state index contributed by atoms with van der Waals surface area (Å²) in [6.45, 7) is 2.74. The van der Waals surface area contributed by atoms with Crippen LogP contribution in [0, 0.1) is 0 Å². The molecule has 2 unspecified atom stereocenters. The van der Waals surface area contributed by atoms with Gasteiger partial charge in [-0.25, -0.2) is 0 Å². The maximum Gasteiger partial charge on any atom is 0.255 e. The van der Waals surface area contributed by atoms with Crippen molar-refractivity contribution < 1.29 is 12.6 Å². The fourth-order valence-electron chi connectivity index (χ4n) is 3.51. The number of amides is 1. The predicted molar refractivity (Wildman–Crippen MR) is 129 cm³/mol. The Morgan fingerprint density at radius 3 is 2.10 bits per heavy atom. The molecular weight excluding hydrogens is 388 g/mol. The van der Waals surface area contributed by atoms with Crippen LogP contribution in [-0.2, 0) is 0 Å². The Hall–Kier alpha value is -2.20. The molecule has 1 rings (SSSR count). The van der Waals surface area contributed by atoms with Crippen LogP contribution in [0.25, 0.3) is 10.4 Å². The summed E-state index contributed by atoms with van der Waals surface area (Å²) in [7, 11) is 0. The van der Waals surface area contributed by atoms with E-state index in [1.807, 2.05) is 0 Å². The van der Waals surface area contributed by atoms with E-state index in [1.165, 1.54) is 44.2 Å². The Morgan fingerprint density at radius 1 is 0.968 bits per heavy atom. The van der Waals surface area contributed by atoms with Gasteiger partial charge in [0.2, 0.25) is 0 Å². The van der Waals surface area contributed by atoms with Crippen LogP contribution in [0.15, 0.2) is 23.3 Å². The molecule has 0 aliphatic heterocycles. The van der Waals surface area contributed by atoms with E-state index >= 15 is 0 Å². The van der Waals surface area contributed by atoms with E-state index in [0.717, 1.165) is 57.8 Å². The largest absolute Gasteiger partial charge is 0.507 e. The molecule has 0 aromatic heterocycles. The Labute approximate surface area is 191 Å². The number of para-hydroxylation sites is 1. The zero-order chi connectivity index (χ0) is 24.3. The third-order valence-corrected chi connectivity index (χ3v) is 5.39. The summed E-state index contributed by atoms with van der Waals surface area (Å²) >= 11 is 0. The number of nitrogens with zero attached hydrogens (tertiary/aromatic N) is 3. The van der Waals surface area contributed by atoms with E-state index in [9.17, 15) is 9.90 Å². The summed E-state index contributed by atoms with van der Waals surface area (Å²) in [5, 5.41) is 16.2. The van der Waals surface area contributed by atoms with Crippen LogP contribution < -0.4 is 5.32 Å². The highest BCUT2D eigenvalue weighted by atomic mass is 16.3. The molecule has 0 heterocycles. The van der Waals surface area contributed by atoms with Crippen LogP contribution in [0.4, 0.5) is 5.69 Å². The lowest BCUT2D eigenvalue weighted by Gasteiger charge is -2.08. The summed E-state index contributed by atoms with van der Waals surface area (Å²) in [6, 6.07) is 4.52. The van der Waals surface area contributed by atoms with Crippen molar-refractivity contribution in [1.29, 1.82) is 0 Å². The van der Waals surface area contributed by atoms with Gasteiger partial charge in [0.05, 0.1) is 11.3 Å². The van der Waals surface area contributed by atoms with E-state index < -0.39 is 0 Å². The number of aromatic hydroxyl groups is 1. The van der Waals surface area contributed by atoms with Crippen molar-refractivity contribution in [2.24, 2.45) is 5.11 Å². The quantitative estimate of drug-likeness (QED) is 0.0989. The molecule has 2 N–H and O–H groups in total. The number of azide groups is 1. The zero-order valence-corrected chi connectivity index (χ0v) is 19.2. The minimum atomic E-state index is -0.380. The highest BCUT2D eigenvalue weighted by Crippen LogP contribution is 2.30. The monoisotopic (exact) mass is 434 g/mol. The molecule has 31 heavy (non-hydrogen) atoms. The summed E-state index contributed by atoms with van der Waals surface area (Å²) in [5.41, 5.74) is 8.64. The molecule has 0 bridgehead atoms. The minimum absolute atomic E-state index is 0.0409. The molecule has 6 heteroatoms. The van der Waals surface area contributed by atoms with Crippen molar-refractivity contribution in [1.82, 2.24) is 5.32 Å².